The van der Waals surface area contributed by atoms with Crippen molar-refractivity contribution in [3.63, 3.8) is 0 Å². The van der Waals surface area contributed by atoms with E-state index in [4.69, 9.17) is 20.3 Å². The summed E-state index contributed by atoms with van der Waals surface area (Å²) in [5, 5.41) is 26.4. The Morgan fingerprint density at radius 1 is 1.17 bits per heavy atom. The highest BCUT2D eigenvalue weighted by Crippen LogP contribution is 2.50. The number of ether oxygens (including phenoxy) is 2. The average Bonchev–Trinajstić information content (AvgIpc) is 3.65. The van der Waals surface area contributed by atoms with Crippen molar-refractivity contribution in [2.24, 2.45) is 23.7 Å². The van der Waals surface area contributed by atoms with E-state index < -0.39 is 17.7 Å². The predicted octanol–water partition coefficient (Wildman–Crippen LogP) is 4.13. The summed E-state index contributed by atoms with van der Waals surface area (Å²) < 4.78 is 12.2. The fourth-order valence-electron chi connectivity index (χ4n) is 4.59. The fraction of sp³-hybridized carbons (Fsp3) is 0.654. The van der Waals surface area contributed by atoms with Gasteiger partial charge in [0.25, 0.3) is 0 Å². The molecule has 2 amide bonds. The molecular formula is C26H38N6O4. The zero-order chi connectivity index (χ0) is 26.0. The molecular weight excluding hydrogens is 460 g/mol. The first kappa shape index (κ1) is 25.9. The minimum atomic E-state index is -0.681. The van der Waals surface area contributed by atoms with Crippen LogP contribution < -0.4 is 10.6 Å². The van der Waals surface area contributed by atoms with Crippen LogP contribution >= 0.6 is 0 Å². The highest BCUT2D eigenvalue weighted by Gasteiger charge is 2.48. The van der Waals surface area contributed by atoms with E-state index in [1.807, 2.05) is 0 Å². The summed E-state index contributed by atoms with van der Waals surface area (Å²) in [6, 6.07) is -0.681. The predicted molar refractivity (Wildman–Crippen MR) is 136 cm³/mol. The number of anilines is 1. The summed E-state index contributed by atoms with van der Waals surface area (Å²) >= 11 is 0. The van der Waals surface area contributed by atoms with Crippen LogP contribution in [0.25, 0.3) is 0 Å². The maximum Gasteiger partial charge on any atom is 0.408 e. The lowest BCUT2D eigenvalue weighted by atomic mass is 9.89. The quantitative estimate of drug-likeness (QED) is 0.268. The molecule has 3 aliphatic carbocycles. The molecule has 0 aliphatic heterocycles. The Morgan fingerprint density at radius 2 is 1.81 bits per heavy atom. The van der Waals surface area contributed by atoms with Crippen molar-refractivity contribution in [1.82, 2.24) is 15.1 Å². The number of allylic oxidation sites excluding steroid dienone is 1. The molecule has 10 nitrogen and oxygen atoms in total. The molecule has 0 spiro atoms. The van der Waals surface area contributed by atoms with Gasteiger partial charge in [-0.1, -0.05) is 0 Å². The van der Waals surface area contributed by atoms with Crippen LogP contribution in [-0.4, -0.2) is 52.1 Å². The highest BCUT2D eigenvalue weighted by molar-refractivity contribution is 6.03. The van der Waals surface area contributed by atoms with Crippen LogP contribution in [0, 0.1) is 34.5 Å². The standard InChI is InChI=1S/C26H38N6O4/c1-26(2,3)36-25(34)31-22(21(16-7-8-16)17-9-10-17)24(33)30-19-12-29-32(14-19)13-18(23(28)35-4)11-20(27)15-5-6-15/h11-12,14-17,21-22,27-28H,5-10,13H2,1-4H3,(H,30,33)(H,31,34)/b18-11-,27-20?,28-23?. The van der Waals surface area contributed by atoms with Crippen LogP contribution in [0.1, 0.15) is 59.3 Å². The van der Waals surface area contributed by atoms with Crippen LogP contribution in [0.15, 0.2) is 24.0 Å². The second-order valence-electron chi connectivity index (χ2n) is 11.2. The van der Waals surface area contributed by atoms with Gasteiger partial charge in [0.05, 0.1) is 25.5 Å². The Kier molecular flexibility index (Phi) is 7.51. The van der Waals surface area contributed by atoms with E-state index in [0.29, 0.717) is 28.8 Å². The van der Waals surface area contributed by atoms with Gasteiger partial charge in [-0.05, 0) is 83.1 Å². The molecule has 3 saturated carbocycles. The number of carbonyl (C=O) groups excluding carboxylic acids is 2. The van der Waals surface area contributed by atoms with Crippen molar-refractivity contribution in [3.8, 4) is 0 Å². The summed E-state index contributed by atoms with van der Waals surface area (Å²) in [7, 11) is 1.43. The third-order valence-electron chi connectivity index (χ3n) is 6.75. The van der Waals surface area contributed by atoms with E-state index in [1.54, 1.807) is 43.9 Å². The first-order valence-corrected chi connectivity index (χ1v) is 12.8. The van der Waals surface area contributed by atoms with Gasteiger partial charge in [-0.3, -0.25) is 14.9 Å². The minimum Gasteiger partial charge on any atom is -0.481 e. The molecule has 36 heavy (non-hydrogen) atoms. The third kappa shape index (κ3) is 7.18. The third-order valence-corrected chi connectivity index (χ3v) is 6.75. The Balaban J connectivity index is 1.45. The van der Waals surface area contributed by atoms with Crippen LogP contribution in [-0.2, 0) is 20.8 Å². The number of alkyl carbamates (subject to hydrolysis) is 1. The molecule has 0 bridgehead atoms. The monoisotopic (exact) mass is 498 g/mol. The van der Waals surface area contributed by atoms with Crippen LogP contribution in [0.3, 0.4) is 0 Å². The van der Waals surface area contributed by atoms with Crippen LogP contribution in [0.5, 0.6) is 0 Å². The molecule has 1 heterocycles. The number of hydrogen-bond acceptors (Lipinski definition) is 7. The van der Waals surface area contributed by atoms with Gasteiger partial charge in [0.15, 0.2) is 0 Å². The van der Waals surface area contributed by atoms with Gasteiger partial charge in [0.1, 0.15) is 11.6 Å². The van der Waals surface area contributed by atoms with Crippen LogP contribution in [0.4, 0.5) is 10.5 Å². The molecule has 1 aromatic rings. The number of aromatic nitrogens is 2. The molecule has 4 N–H and O–H groups in total. The van der Waals surface area contributed by atoms with Gasteiger partial charge in [-0.2, -0.15) is 5.10 Å². The Morgan fingerprint density at radius 3 is 2.33 bits per heavy atom. The van der Waals surface area contributed by atoms with E-state index in [9.17, 15) is 9.59 Å². The van der Waals surface area contributed by atoms with Gasteiger partial charge < -0.3 is 25.5 Å². The van der Waals surface area contributed by atoms with Gasteiger partial charge in [-0.15, -0.1) is 0 Å². The van der Waals surface area contributed by atoms with Crippen LogP contribution in [0.2, 0.25) is 0 Å². The topological polar surface area (TPSA) is 142 Å². The largest absolute Gasteiger partial charge is 0.481 e. The number of carbonyl (C=O) groups is 2. The summed E-state index contributed by atoms with van der Waals surface area (Å²) in [4.78, 5) is 26.0. The Bertz CT molecular complexity index is 1030. The van der Waals surface area contributed by atoms with Gasteiger partial charge in [-0.25, -0.2) is 4.79 Å². The molecule has 1 atom stereocenters. The molecule has 0 saturated heterocycles. The second-order valence-corrected chi connectivity index (χ2v) is 11.2. The van der Waals surface area contributed by atoms with Crippen molar-refractivity contribution >= 4 is 29.3 Å². The fourth-order valence-corrected chi connectivity index (χ4v) is 4.59. The molecule has 196 valence electrons. The van der Waals surface area contributed by atoms with E-state index in [0.717, 1.165) is 38.5 Å². The number of rotatable bonds is 11. The molecule has 0 aromatic carbocycles. The summed E-state index contributed by atoms with van der Waals surface area (Å²) in [5.41, 5.74) is 0.886. The zero-order valence-corrected chi connectivity index (χ0v) is 21.6. The molecule has 4 rings (SSSR count). The maximum atomic E-state index is 13.4. The van der Waals surface area contributed by atoms with E-state index >= 15 is 0 Å². The second kappa shape index (κ2) is 10.4. The van der Waals surface area contributed by atoms with Crippen molar-refractivity contribution in [3.05, 3.63) is 24.0 Å². The number of nitrogens with zero attached hydrogens (tertiary/aromatic N) is 2. The average molecular weight is 499 g/mol. The van der Waals surface area contributed by atoms with Crippen molar-refractivity contribution < 1.29 is 19.1 Å². The number of amides is 2. The molecule has 10 heteroatoms. The first-order valence-electron chi connectivity index (χ1n) is 12.8. The van der Waals surface area contributed by atoms with Crippen molar-refractivity contribution in [1.29, 1.82) is 10.8 Å². The minimum absolute atomic E-state index is 0.0141. The normalized spacial score (nSPS) is 19.0. The summed E-state index contributed by atoms with van der Waals surface area (Å²) in [6.45, 7) is 5.64. The summed E-state index contributed by atoms with van der Waals surface area (Å²) in [6.07, 6.45) is 10.6. The van der Waals surface area contributed by atoms with Crippen molar-refractivity contribution in [2.45, 2.75) is 77.5 Å². The number of methoxy groups -OCH3 is 1. The van der Waals surface area contributed by atoms with Gasteiger partial charge >= 0.3 is 6.09 Å². The van der Waals surface area contributed by atoms with E-state index in [-0.39, 0.29) is 30.2 Å². The SMILES string of the molecule is COC(=N)/C(=C\C(=N)C1CC1)Cn1cc(NC(=O)C(NC(=O)OC(C)(C)C)C(C2CC2)C2CC2)cn1. The smallest absolute Gasteiger partial charge is 0.408 e. The highest BCUT2D eigenvalue weighted by atomic mass is 16.6. The molecule has 1 aromatic heterocycles. The molecule has 3 fully saturated rings. The first-order chi connectivity index (χ1) is 17.0. The lowest BCUT2D eigenvalue weighted by Gasteiger charge is -2.28. The Labute approximate surface area is 212 Å². The molecule has 0 radical (unpaired) electrons. The lowest BCUT2D eigenvalue weighted by Crippen LogP contribution is -2.51. The van der Waals surface area contributed by atoms with E-state index in [1.165, 1.54) is 7.11 Å². The van der Waals surface area contributed by atoms with Gasteiger partial charge in [0, 0.05) is 23.4 Å². The number of nitrogens with one attached hydrogen (secondary N) is 4. The van der Waals surface area contributed by atoms with E-state index in [2.05, 4.69) is 15.7 Å². The molecule has 3 aliphatic rings. The lowest BCUT2D eigenvalue weighted by molar-refractivity contribution is -0.120. The molecule has 1 unspecified atom stereocenters. The van der Waals surface area contributed by atoms with Gasteiger partial charge in [0.2, 0.25) is 11.8 Å². The van der Waals surface area contributed by atoms with Crippen molar-refractivity contribution in [2.75, 3.05) is 12.4 Å². The Hall–Kier alpha value is -3.17. The number of hydrogen-bond donors (Lipinski definition) is 4. The summed E-state index contributed by atoms with van der Waals surface area (Å²) in [5.74, 6) is 0.955. The zero-order valence-electron chi connectivity index (χ0n) is 21.6. The maximum absolute atomic E-state index is 13.4.